The molecule has 0 spiro atoms. The van der Waals surface area contributed by atoms with Crippen LogP contribution < -0.4 is 0 Å². The molecule has 0 aromatic carbocycles. The lowest BCUT2D eigenvalue weighted by Crippen LogP contribution is -2.66. The van der Waals surface area contributed by atoms with E-state index in [0.29, 0.717) is 43.4 Å². The molecule has 22 heteroatoms. The summed E-state index contributed by atoms with van der Waals surface area (Å²) < 4.78 is 61.5. The van der Waals surface area contributed by atoms with Crippen LogP contribution in [-0.4, -0.2) is 229 Å². The molecule has 8 fully saturated rings. The number of rotatable bonds is 15. The molecule has 9 aliphatic rings. The summed E-state index contributed by atoms with van der Waals surface area (Å²) >= 11 is 0. The lowest BCUT2D eigenvalue weighted by atomic mass is 9.47. The molecule has 5 saturated heterocycles. The third-order valence-corrected chi connectivity index (χ3v) is 19.8. The average Bonchev–Trinajstić information content (AvgIpc) is 3.84. The quantitative estimate of drug-likeness (QED) is 0.0846. The smallest absolute Gasteiger partial charge is 0.187 e. The lowest BCUT2D eigenvalue weighted by molar-refractivity contribution is -0.388. The largest absolute Gasteiger partial charge is 0.394 e. The Morgan fingerprint density at radius 1 is 0.649 bits per heavy atom. The second kappa shape index (κ2) is 22.4. The molecular formula is C52H86O22. The van der Waals surface area contributed by atoms with Gasteiger partial charge in [0, 0.05) is 19.4 Å². The summed E-state index contributed by atoms with van der Waals surface area (Å²) in [5.41, 5.74) is 1.19. The number of methoxy groups -OCH3 is 1. The molecule has 12 N–H and O–H groups in total. The Kier molecular flexibility index (Phi) is 17.4. The van der Waals surface area contributed by atoms with E-state index < -0.39 is 148 Å². The number of hydrogen-bond acceptors (Lipinski definition) is 22. The summed E-state index contributed by atoms with van der Waals surface area (Å²) in [6.45, 7) is 11.1. The standard InChI is InChI=1S/C52H86O22/c1-21(20-66-46-40(61)39(60)36(57)31(18-53)70-46)10-15-52(65-7)22(2)33-30(74-52)17-29-27-9-8-25-16-26(11-13-50(25,5)28(27)12-14-51(29,33)6)69-49-45(73-48-42(63)38(59)35(56)24(4)68-48)43(64)44(32(19-54)71-49)72-47-41(62)37(58)34(55)23(3)67-47/h8,21-24,26-49,53-64H,9-20H2,1-7H3/t21-,22+,23+,24+,26+,27?,28?,29?,30?,31-,32-,33?,34+,35+,36-,37-,38-,39+,40-,41-,42-,43+,44-,45-,46-,47+,48+,49-,50+,51+,52-/m1/s1. The Bertz CT molecular complexity index is 1920. The van der Waals surface area contributed by atoms with Gasteiger partial charge in [-0.3, -0.25) is 0 Å². The summed E-state index contributed by atoms with van der Waals surface area (Å²) in [6, 6.07) is 0. The Labute approximate surface area is 432 Å². The van der Waals surface area contributed by atoms with Gasteiger partial charge in [0.05, 0.1) is 44.2 Å². The molecule has 426 valence electrons. The molecule has 5 aliphatic heterocycles. The highest BCUT2D eigenvalue weighted by atomic mass is 16.8. The van der Waals surface area contributed by atoms with Gasteiger partial charge in [0.2, 0.25) is 0 Å². The van der Waals surface area contributed by atoms with Crippen LogP contribution in [0.15, 0.2) is 11.6 Å². The van der Waals surface area contributed by atoms with E-state index in [0.717, 1.165) is 32.1 Å². The van der Waals surface area contributed by atoms with E-state index in [1.165, 1.54) is 19.4 Å². The fourth-order valence-electron chi connectivity index (χ4n) is 15.3. The fourth-order valence-corrected chi connectivity index (χ4v) is 15.3. The number of ether oxygens (including phenoxy) is 10. The van der Waals surface area contributed by atoms with Gasteiger partial charge >= 0.3 is 0 Å². The lowest BCUT2D eigenvalue weighted by Gasteiger charge is -2.58. The van der Waals surface area contributed by atoms with Gasteiger partial charge in [0.1, 0.15) is 85.5 Å². The van der Waals surface area contributed by atoms with Crippen molar-refractivity contribution in [1.82, 2.24) is 0 Å². The highest BCUT2D eigenvalue weighted by Crippen LogP contribution is 2.70. The van der Waals surface area contributed by atoms with Gasteiger partial charge in [-0.15, -0.1) is 0 Å². The summed E-state index contributed by atoms with van der Waals surface area (Å²) in [6.07, 6.45) is -19.4. The van der Waals surface area contributed by atoms with Crippen molar-refractivity contribution in [3.63, 3.8) is 0 Å². The van der Waals surface area contributed by atoms with Crippen molar-refractivity contribution in [2.75, 3.05) is 26.9 Å². The van der Waals surface area contributed by atoms with E-state index in [9.17, 15) is 61.3 Å². The van der Waals surface area contributed by atoms with Crippen LogP contribution in [0.25, 0.3) is 0 Å². The Hall–Kier alpha value is -1.14. The number of fused-ring (bicyclic) bond motifs is 7. The van der Waals surface area contributed by atoms with Crippen LogP contribution in [0.1, 0.15) is 99.3 Å². The molecule has 0 bridgehead atoms. The van der Waals surface area contributed by atoms with Crippen LogP contribution in [0.5, 0.6) is 0 Å². The molecule has 74 heavy (non-hydrogen) atoms. The molecule has 22 nitrogen and oxygen atoms in total. The number of hydrogen-bond donors (Lipinski definition) is 12. The topological polar surface area (TPSA) is 335 Å². The van der Waals surface area contributed by atoms with E-state index in [2.05, 4.69) is 26.8 Å². The van der Waals surface area contributed by atoms with E-state index >= 15 is 0 Å². The van der Waals surface area contributed by atoms with E-state index in [1.54, 1.807) is 7.11 Å². The van der Waals surface area contributed by atoms with E-state index in [4.69, 9.17) is 47.4 Å². The van der Waals surface area contributed by atoms with Gasteiger partial charge in [0.15, 0.2) is 30.9 Å². The molecule has 0 amide bonds. The van der Waals surface area contributed by atoms with Crippen LogP contribution in [0.2, 0.25) is 0 Å². The maximum absolute atomic E-state index is 12.1. The van der Waals surface area contributed by atoms with Crippen LogP contribution >= 0.6 is 0 Å². The minimum absolute atomic E-state index is 0.00465. The predicted octanol–water partition coefficient (Wildman–Crippen LogP) is -1.33. The third kappa shape index (κ3) is 10.1. The second-order valence-corrected chi connectivity index (χ2v) is 24.0. The zero-order valence-corrected chi connectivity index (χ0v) is 43.7. The zero-order valence-electron chi connectivity index (χ0n) is 43.7. The Balaban J connectivity index is 0.854. The normalized spacial score (nSPS) is 54.9. The molecule has 5 heterocycles. The van der Waals surface area contributed by atoms with Gasteiger partial charge in [-0.2, -0.15) is 0 Å². The maximum atomic E-state index is 12.1. The first kappa shape index (κ1) is 57.5. The van der Waals surface area contributed by atoms with Crippen LogP contribution in [0.3, 0.4) is 0 Å². The molecule has 31 atom stereocenters. The third-order valence-electron chi connectivity index (χ3n) is 19.8. The van der Waals surface area contributed by atoms with Crippen molar-refractivity contribution >= 4 is 0 Å². The minimum atomic E-state index is -1.74. The predicted molar refractivity (Wildman–Crippen MR) is 254 cm³/mol. The first-order valence-corrected chi connectivity index (χ1v) is 27.2. The fraction of sp³-hybridized carbons (Fsp3) is 0.962. The number of aliphatic hydroxyl groups is 12. The van der Waals surface area contributed by atoms with Gasteiger partial charge in [0.25, 0.3) is 0 Å². The highest BCUT2D eigenvalue weighted by molar-refractivity contribution is 5.26. The van der Waals surface area contributed by atoms with Gasteiger partial charge in [-0.1, -0.05) is 39.3 Å². The van der Waals surface area contributed by atoms with Gasteiger partial charge in [-0.05, 0) is 106 Å². The summed E-state index contributed by atoms with van der Waals surface area (Å²) in [7, 11) is 1.72. The Morgan fingerprint density at radius 2 is 1.24 bits per heavy atom. The van der Waals surface area contributed by atoms with Crippen molar-refractivity contribution in [3.8, 4) is 0 Å². The molecule has 3 saturated carbocycles. The van der Waals surface area contributed by atoms with Gasteiger partial charge < -0.3 is 109 Å². The van der Waals surface area contributed by atoms with E-state index in [1.807, 2.05) is 6.92 Å². The average molecular weight is 1060 g/mol. The summed E-state index contributed by atoms with van der Waals surface area (Å²) in [4.78, 5) is 0. The molecular weight excluding hydrogens is 977 g/mol. The van der Waals surface area contributed by atoms with Crippen molar-refractivity contribution in [2.24, 2.45) is 46.3 Å². The van der Waals surface area contributed by atoms with Crippen molar-refractivity contribution in [1.29, 1.82) is 0 Å². The summed E-state index contributed by atoms with van der Waals surface area (Å²) in [5.74, 6) is 0.884. The van der Waals surface area contributed by atoms with Crippen molar-refractivity contribution in [2.45, 2.75) is 240 Å². The monoisotopic (exact) mass is 1060 g/mol. The van der Waals surface area contributed by atoms with Crippen LogP contribution in [0.4, 0.5) is 0 Å². The highest BCUT2D eigenvalue weighted by Gasteiger charge is 2.68. The first-order valence-electron chi connectivity index (χ1n) is 27.2. The SMILES string of the molecule is CO[C@]1(CC[C@@H](C)CO[C@@H]2O[C@H](CO)[C@@H](O)[C@H](O)[C@H]2O)OC2CC3C4CC=C5C[C@@H](O[C@@H]6O[C@H](CO)[C@@H](O[C@@H]7O[C@@H](C)[C@H](O)[C@@H](O)[C@H]7O)[C@H](O)[C@H]6O[C@@H]6O[C@@H](C)[C@H](O)[C@@H](O)[C@H]6O)CC[C@]5(C)C4CC[C@]3(C)C2[C@@H]1C. The maximum Gasteiger partial charge on any atom is 0.187 e. The minimum Gasteiger partial charge on any atom is -0.394 e. The van der Waals surface area contributed by atoms with Gasteiger partial charge in [-0.25, -0.2) is 0 Å². The van der Waals surface area contributed by atoms with Crippen molar-refractivity contribution in [3.05, 3.63) is 11.6 Å². The molecule has 5 unspecified atom stereocenters. The molecule has 0 aromatic rings. The van der Waals surface area contributed by atoms with E-state index in [-0.39, 0.29) is 41.3 Å². The molecule has 0 aromatic heterocycles. The number of allylic oxidation sites excluding steroid dienone is 1. The number of aliphatic hydroxyl groups excluding tert-OH is 12. The molecule has 4 aliphatic carbocycles. The van der Waals surface area contributed by atoms with Crippen molar-refractivity contribution < 1.29 is 109 Å². The summed E-state index contributed by atoms with van der Waals surface area (Å²) in [5, 5.41) is 127. The second-order valence-electron chi connectivity index (χ2n) is 24.0. The molecule has 0 radical (unpaired) electrons. The Morgan fingerprint density at radius 3 is 1.86 bits per heavy atom. The zero-order chi connectivity index (χ0) is 53.5. The first-order chi connectivity index (χ1) is 35.0. The molecule has 9 rings (SSSR count). The van der Waals surface area contributed by atoms with Crippen LogP contribution in [-0.2, 0) is 47.4 Å². The van der Waals surface area contributed by atoms with Crippen LogP contribution in [0, 0.1) is 46.3 Å².